The summed E-state index contributed by atoms with van der Waals surface area (Å²) in [5, 5.41) is 3.00. The number of nitrogens with zero attached hydrogens (tertiary/aromatic N) is 2. The van der Waals surface area contributed by atoms with Crippen LogP contribution in [0.1, 0.15) is 77.5 Å². The molecule has 3 aliphatic rings. The first kappa shape index (κ1) is 21.5. The summed E-state index contributed by atoms with van der Waals surface area (Å²) in [5.41, 5.74) is 0.320. The third kappa shape index (κ3) is 4.08. The van der Waals surface area contributed by atoms with Crippen molar-refractivity contribution >= 4 is 23.6 Å². The first-order valence-electron chi connectivity index (χ1n) is 10.9. The predicted molar refractivity (Wildman–Crippen MR) is 113 cm³/mol. The Morgan fingerprint density at radius 3 is 2.32 bits per heavy atom. The van der Waals surface area contributed by atoms with E-state index in [1.165, 1.54) is 11.0 Å². The van der Waals surface area contributed by atoms with Crippen molar-refractivity contribution in [3.05, 3.63) is 34.9 Å². The van der Waals surface area contributed by atoms with Gasteiger partial charge in [0.05, 0.1) is 11.1 Å². The number of benzene rings is 1. The maximum atomic E-state index is 12.8. The zero-order valence-corrected chi connectivity index (χ0v) is 18.3. The molecule has 0 bridgehead atoms. The minimum absolute atomic E-state index is 0.0438. The minimum atomic E-state index is -0.634. The number of hydrogen-bond donors (Lipinski definition) is 1. The van der Waals surface area contributed by atoms with Crippen LogP contribution in [0, 0.1) is 0 Å². The van der Waals surface area contributed by atoms with Gasteiger partial charge in [0.2, 0.25) is 0 Å². The second-order valence-corrected chi connectivity index (χ2v) is 9.45. The summed E-state index contributed by atoms with van der Waals surface area (Å²) in [6, 6.07) is 4.60. The highest BCUT2D eigenvalue weighted by Gasteiger charge is 2.42. The molecule has 8 nitrogen and oxygen atoms in total. The number of likely N-dealkylation sites (tertiary alicyclic amines) is 1. The molecule has 8 heteroatoms. The number of hydrogen-bond acceptors (Lipinski definition) is 5. The molecule has 2 fully saturated rings. The zero-order valence-electron chi connectivity index (χ0n) is 18.3. The van der Waals surface area contributed by atoms with Gasteiger partial charge in [0.25, 0.3) is 23.6 Å². The third-order valence-electron chi connectivity index (χ3n) is 6.17. The Hall–Kier alpha value is -2.74. The maximum Gasteiger partial charge on any atom is 0.262 e. The van der Waals surface area contributed by atoms with Gasteiger partial charge in [-0.25, -0.2) is 0 Å². The van der Waals surface area contributed by atoms with Gasteiger partial charge < -0.3 is 15.0 Å². The number of piperidine rings is 1. The van der Waals surface area contributed by atoms with Crippen molar-refractivity contribution in [2.45, 2.75) is 64.1 Å². The number of imide groups is 1. The van der Waals surface area contributed by atoms with Gasteiger partial charge in [-0.05, 0) is 64.7 Å². The Morgan fingerprint density at radius 2 is 1.71 bits per heavy atom. The van der Waals surface area contributed by atoms with E-state index in [-0.39, 0.29) is 41.3 Å². The van der Waals surface area contributed by atoms with Crippen molar-refractivity contribution in [2.75, 3.05) is 19.7 Å². The zero-order chi connectivity index (χ0) is 22.3. The van der Waals surface area contributed by atoms with Crippen molar-refractivity contribution in [2.24, 2.45) is 0 Å². The summed E-state index contributed by atoms with van der Waals surface area (Å²) in [6.07, 6.45) is 2.73. The van der Waals surface area contributed by atoms with E-state index in [9.17, 15) is 19.2 Å². The summed E-state index contributed by atoms with van der Waals surface area (Å²) in [7, 11) is 0. The molecular formula is C23H29N3O5. The molecule has 0 saturated carbocycles. The van der Waals surface area contributed by atoms with E-state index in [4.69, 9.17) is 4.74 Å². The van der Waals surface area contributed by atoms with Gasteiger partial charge in [-0.15, -0.1) is 0 Å². The first-order valence-corrected chi connectivity index (χ1v) is 10.9. The Labute approximate surface area is 181 Å². The smallest absolute Gasteiger partial charge is 0.262 e. The Balaban J connectivity index is 1.38. The number of fused-ring (bicyclic) bond motifs is 1. The molecule has 166 valence electrons. The van der Waals surface area contributed by atoms with Gasteiger partial charge in [0.1, 0.15) is 6.10 Å². The Bertz CT molecular complexity index is 922. The van der Waals surface area contributed by atoms with Crippen LogP contribution in [0.15, 0.2) is 18.2 Å². The van der Waals surface area contributed by atoms with Gasteiger partial charge in [-0.3, -0.25) is 24.1 Å². The summed E-state index contributed by atoms with van der Waals surface area (Å²) in [4.78, 5) is 53.7. The van der Waals surface area contributed by atoms with E-state index < -0.39 is 5.54 Å². The number of carbonyl (C=O) groups is 4. The SMILES string of the molecule is CC(C)(C)N1C(=O)c2ccc(C(=O)NC3CCN(C(=O)C4CCCO4)CC3)cc2C1=O. The van der Waals surface area contributed by atoms with Crippen LogP contribution in [-0.2, 0) is 9.53 Å². The summed E-state index contributed by atoms with van der Waals surface area (Å²) in [5.74, 6) is -0.931. The van der Waals surface area contributed by atoms with Crippen LogP contribution < -0.4 is 5.32 Å². The van der Waals surface area contributed by atoms with Gasteiger partial charge in [-0.2, -0.15) is 0 Å². The molecule has 0 spiro atoms. The van der Waals surface area contributed by atoms with Crippen LogP contribution in [-0.4, -0.2) is 70.8 Å². The Morgan fingerprint density at radius 1 is 1.03 bits per heavy atom. The first-order chi connectivity index (χ1) is 14.7. The molecule has 1 N–H and O–H groups in total. The standard InChI is InChI=1S/C23H29N3O5/c1-23(2,3)26-20(28)16-7-6-14(13-17(16)21(26)29)19(27)24-15-8-10-25(11-9-15)22(30)18-5-4-12-31-18/h6-7,13,15,18H,4-5,8-12H2,1-3H3,(H,24,27). The van der Waals surface area contributed by atoms with Gasteiger partial charge in [-0.1, -0.05) is 0 Å². The lowest BCUT2D eigenvalue weighted by Crippen LogP contribution is -2.49. The van der Waals surface area contributed by atoms with E-state index in [0.29, 0.717) is 43.7 Å². The quantitative estimate of drug-likeness (QED) is 0.744. The molecule has 4 rings (SSSR count). The second kappa shape index (κ2) is 8.07. The minimum Gasteiger partial charge on any atom is -0.368 e. The van der Waals surface area contributed by atoms with E-state index in [0.717, 1.165) is 12.8 Å². The number of amides is 4. The van der Waals surface area contributed by atoms with Crippen molar-refractivity contribution in [1.82, 2.24) is 15.1 Å². The summed E-state index contributed by atoms with van der Waals surface area (Å²) >= 11 is 0. The van der Waals surface area contributed by atoms with Crippen molar-refractivity contribution in [3.8, 4) is 0 Å². The van der Waals surface area contributed by atoms with Crippen LogP contribution in [0.2, 0.25) is 0 Å². The summed E-state index contributed by atoms with van der Waals surface area (Å²) in [6.45, 7) is 7.22. The number of rotatable bonds is 3. The number of nitrogens with one attached hydrogen (secondary N) is 1. The fourth-order valence-electron chi connectivity index (χ4n) is 4.48. The topological polar surface area (TPSA) is 96.0 Å². The van der Waals surface area contributed by atoms with Gasteiger partial charge in [0.15, 0.2) is 0 Å². The average Bonchev–Trinajstić information content (AvgIpc) is 3.35. The number of ether oxygens (including phenoxy) is 1. The average molecular weight is 428 g/mol. The van der Waals surface area contributed by atoms with Gasteiger partial charge >= 0.3 is 0 Å². The fraction of sp³-hybridized carbons (Fsp3) is 0.565. The lowest BCUT2D eigenvalue weighted by atomic mass is 10.0. The van der Waals surface area contributed by atoms with Crippen molar-refractivity contribution in [1.29, 1.82) is 0 Å². The lowest BCUT2D eigenvalue weighted by Gasteiger charge is -2.33. The van der Waals surface area contributed by atoms with E-state index >= 15 is 0 Å². The van der Waals surface area contributed by atoms with Crippen LogP contribution >= 0.6 is 0 Å². The van der Waals surface area contributed by atoms with Crippen molar-refractivity contribution in [3.63, 3.8) is 0 Å². The highest BCUT2D eigenvalue weighted by atomic mass is 16.5. The molecule has 1 unspecified atom stereocenters. The highest BCUT2D eigenvalue weighted by molar-refractivity contribution is 6.22. The maximum absolute atomic E-state index is 12.8. The molecule has 31 heavy (non-hydrogen) atoms. The molecule has 0 aliphatic carbocycles. The largest absolute Gasteiger partial charge is 0.368 e. The van der Waals surface area contributed by atoms with Gasteiger partial charge in [0, 0.05) is 36.8 Å². The molecule has 3 aliphatic heterocycles. The molecular weight excluding hydrogens is 398 g/mol. The molecule has 2 saturated heterocycles. The van der Waals surface area contributed by atoms with Crippen LogP contribution in [0.25, 0.3) is 0 Å². The molecule has 4 amide bonds. The van der Waals surface area contributed by atoms with E-state index in [1.54, 1.807) is 32.9 Å². The van der Waals surface area contributed by atoms with Crippen LogP contribution in [0.4, 0.5) is 0 Å². The number of carbonyl (C=O) groups excluding carboxylic acids is 4. The normalized spacial score (nSPS) is 22.1. The fourth-order valence-corrected chi connectivity index (χ4v) is 4.48. The monoisotopic (exact) mass is 427 g/mol. The molecule has 1 aromatic rings. The molecule has 1 aromatic carbocycles. The van der Waals surface area contributed by atoms with Crippen LogP contribution in [0.3, 0.4) is 0 Å². The molecule has 1 atom stereocenters. The second-order valence-electron chi connectivity index (χ2n) is 9.45. The summed E-state index contributed by atoms with van der Waals surface area (Å²) < 4.78 is 5.48. The third-order valence-corrected chi connectivity index (χ3v) is 6.17. The molecule has 0 aromatic heterocycles. The molecule has 3 heterocycles. The van der Waals surface area contributed by atoms with Crippen LogP contribution in [0.5, 0.6) is 0 Å². The highest BCUT2D eigenvalue weighted by Crippen LogP contribution is 2.30. The van der Waals surface area contributed by atoms with E-state index in [2.05, 4.69) is 5.32 Å². The van der Waals surface area contributed by atoms with Crippen molar-refractivity contribution < 1.29 is 23.9 Å². The lowest BCUT2D eigenvalue weighted by molar-refractivity contribution is -0.142. The predicted octanol–water partition coefficient (Wildman–Crippen LogP) is 1.98. The van der Waals surface area contributed by atoms with E-state index in [1.807, 2.05) is 4.90 Å². The molecule has 0 radical (unpaired) electrons. The Kier molecular flexibility index (Phi) is 5.60.